The Kier molecular flexibility index (Phi) is 6.15. The van der Waals surface area contributed by atoms with Crippen LogP contribution in [0.1, 0.15) is 29.8 Å². The minimum Gasteiger partial charge on any atom is -0.345 e. The van der Waals surface area contributed by atoms with Gasteiger partial charge in [-0.3, -0.25) is 4.79 Å². The van der Waals surface area contributed by atoms with E-state index in [9.17, 15) is 9.59 Å². The van der Waals surface area contributed by atoms with Gasteiger partial charge in [0.2, 0.25) is 0 Å². The van der Waals surface area contributed by atoms with Crippen molar-refractivity contribution in [3.05, 3.63) is 35.4 Å². The second-order valence-electron chi connectivity index (χ2n) is 6.91. The minimum absolute atomic E-state index is 0.00361. The molecule has 0 bridgehead atoms. The summed E-state index contributed by atoms with van der Waals surface area (Å²) in [5.74, 6) is 0.976. The summed E-state index contributed by atoms with van der Waals surface area (Å²) in [7, 11) is 3.49. The number of carbonyl (C=O) groups excluding carboxylic acids is 2. The highest BCUT2D eigenvalue weighted by molar-refractivity contribution is 8.00. The Bertz CT molecular complexity index is 602. The fraction of sp³-hybridized carbons (Fsp3) is 0.556. The van der Waals surface area contributed by atoms with E-state index < -0.39 is 0 Å². The number of amides is 3. The molecule has 0 aliphatic carbocycles. The summed E-state index contributed by atoms with van der Waals surface area (Å²) in [6, 6.07) is 7.59. The number of rotatable bonds is 4. The normalized spacial score (nSPS) is 16.6. The Morgan fingerprint density at radius 3 is 2.75 bits per heavy atom. The van der Waals surface area contributed by atoms with Crippen molar-refractivity contribution in [2.75, 3.05) is 39.5 Å². The maximum absolute atomic E-state index is 12.3. The molecule has 1 saturated heterocycles. The molecule has 1 heterocycles. The highest BCUT2D eigenvalue weighted by Gasteiger charge is 2.29. The van der Waals surface area contributed by atoms with Crippen molar-refractivity contribution in [1.82, 2.24) is 15.1 Å². The SMILES string of the molecule is CN(C)C(=O)c1cccc(CCNC(=O)N2CCSC(C)(C)C2)c1. The smallest absolute Gasteiger partial charge is 0.317 e. The fourth-order valence-corrected chi connectivity index (χ4v) is 3.84. The Labute approximate surface area is 148 Å². The first-order valence-electron chi connectivity index (χ1n) is 8.26. The maximum atomic E-state index is 12.3. The van der Waals surface area contributed by atoms with E-state index in [1.165, 1.54) is 0 Å². The largest absolute Gasteiger partial charge is 0.345 e. The number of urea groups is 1. The van der Waals surface area contributed by atoms with E-state index in [0.29, 0.717) is 18.5 Å². The lowest BCUT2D eigenvalue weighted by molar-refractivity contribution is 0.0827. The Morgan fingerprint density at radius 2 is 2.08 bits per heavy atom. The van der Waals surface area contributed by atoms with E-state index in [4.69, 9.17) is 0 Å². The number of carbonyl (C=O) groups is 2. The van der Waals surface area contributed by atoms with Crippen molar-refractivity contribution >= 4 is 23.7 Å². The van der Waals surface area contributed by atoms with Crippen molar-refractivity contribution in [2.45, 2.75) is 25.0 Å². The van der Waals surface area contributed by atoms with Crippen LogP contribution >= 0.6 is 11.8 Å². The summed E-state index contributed by atoms with van der Waals surface area (Å²) in [5, 5.41) is 2.99. The van der Waals surface area contributed by atoms with Crippen LogP contribution in [0.4, 0.5) is 4.79 Å². The topological polar surface area (TPSA) is 52.7 Å². The molecule has 1 aliphatic rings. The molecule has 2 rings (SSSR count). The Hall–Kier alpha value is -1.69. The summed E-state index contributed by atoms with van der Waals surface area (Å²) >= 11 is 1.91. The van der Waals surface area contributed by atoms with Gasteiger partial charge in [0.25, 0.3) is 5.91 Å². The van der Waals surface area contributed by atoms with E-state index in [1.54, 1.807) is 19.0 Å². The quantitative estimate of drug-likeness (QED) is 0.908. The van der Waals surface area contributed by atoms with Crippen molar-refractivity contribution in [3.8, 4) is 0 Å². The molecule has 0 radical (unpaired) electrons. The Morgan fingerprint density at radius 1 is 1.33 bits per heavy atom. The fourth-order valence-electron chi connectivity index (χ4n) is 2.73. The third kappa shape index (κ3) is 5.16. The third-order valence-electron chi connectivity index (χ3n) is 3.98. The molecule has 0 spiro atoms. The highest BCUT2D eigenvalue weighted by atomic mass is 32.2. The van der Waals surface area contributed by atoms with Gasteiger partial charge < -0.3 is 15.1 Å². The number of thioether (sulfide) groups is 1. The number of nitrogens with one attached hydrogen (secondary N) is 1. The maximum Gasteiger partial charge on any atom is 0.317 e. The van der Waals surface area contributed by atoms with Crippen molar-refractivity contribution < 1.29 is 9.59 Å². The predicted octanol–water partition coefficient (Wildman–Crippen LogP) is 2.47. The molecule has 1 aliphatic heterocycles. The third-order valence-corrected chi connectivity index (χ3v) is 5.28. The summed E-state index contributed by atoms with van der Waals surface area (Å²) < 4.78 is 0.121. The van der Waals surface area contributed by atoms with Gasteiger partial charge >= 0.3 is 6.03 Å². The molecule has 1 aromatic rings. The van der Waals surface area contributed by atoms with Crippen LogP contribution in [0.5, 0.6) is 0 Å². The van der Waals surface area contributed by atoms with Crippen LogP contribution in [-0.4, -0.2) is 66.0 Å². The predicted molar refractivity (Wildman–Crippen MR) is 99.7 cm³/mol. The van der Waals surface area contributed by atoms with Crippen LogP contribution in [0.3, 0.4) is 0 Å². The molecule has 24 heavy (non-hydrogen) atoms. The van der Waals surface area contributed by atoms with Crippen LogP contribution < -0.4 is 5.32 Å². The van der Waals surface area contributed by atoms with E-state index >= 15 is 0 Å². The minimum atomic E-state index is -0.00562. The van der Waals surface area contributed by atoms with Crippen LogP contribution in [0, 0.1) is 0 Å². The van der Waals surface area contributed by atoms with Gasteiger partial charge in [0.05, 0.1) is 0 Å². The van der Waals surface area contributed by atoms with Gasteiger partial charge in [-0.25, -0.2) is 4.79 Å². The molecule has 3 amide bonds. The van der Waals surface area contributed by atoms with Gasteiger partial charge in [0.1, 0.15) is 0 Å². The van der Waals surface area contributed by atoms with Gasteiger partial charge in [0, 0.05) is 49.8 Å². The number of hydrogen-bond acceptors (Lipinski definition) is 3. The van der Waals surface area contributed by atoms with Crippen molar-refractivity contribution in [1.29, 1.82) is 0 Å². The van der Waals surface area contributed by atoms with Crippen LogP contribution in [0.15, 0.2) is 24.3 Å². The van der Waals surface area contributed by atoms with Gasteiger partial charge in [-0.2, -0.15) is 11.8 Å². The molecule has 1 fully saturated rings. The highest BCUT2D eigenvalue weighted by Crippen LogP contribution is 2.29. The molecule has 1 N–H and O–H groups in total. The zero-order valence-corrected chi connectivity index (χ0v) is 15.8. The second kappa shape index (κ2) is 7.92. The number of hydrogen-bond donors (Lipinski definition) is 1. The molecule has 132 valence electrons. The summed E-state index contributed by atoms with van der Waals surface area (Å²) in [6.07, 6.45) is 0.715. The monoisotopic (exact) mass is 349 g/mol. The van der Waals surface area contributed by atoms with E-state index in [-0.39, 0.29) is 16.7 Å². The molecule has 0 unspecified atom stereocenters. The van der Waals surface area contributed by atoms with Crippen LogP contribution in [0.25, 0.3) is 0 Å². The average molecular weight is 350 g/mol. The lowest BCUT2D eigenvalue weighted by Gasteiger charge is -2.37. The Balaban J connectivity index is 1.85. The molecular formula is C18H27N3O2S. The van der Waals surface area contributed by atoms with Crippen molar-refractivity contribution in [2.24, 2.45) is 0 Å². The molecule has 0 atom stereocenters. The molecule has 6 heteroatoms. The van der Waals surface area contributed by atoms with Crippen molar-refractivity contribution in [3.63, 3.8) is 0 Å². The summed E-state index contributed by atoms with van der Waals surface area (Å²) in [6.45, 7) is 6.49. The molecule has 0 saturated carbocycles. The summed E-state index contributed by atoms with van der Waals surface area (Å²) in [4.78, 5) is 27.7. The van der Waals surface area contributed by atoms with Gasteiger partial charge in [0.15, 0.2) is 0 Å². The van der Waals surface area contributed by atoms with Gasteiger partial charge in [-0.05, 0) is 38.0 Å². The molecule has 5 nitrogen and oxygen atoms in total. The zero-order chi connectivity index (χ0) is 17.7. The van der Waals surface area contributed by atoms with Crippen LogP contribution in [0.2, 0.25) is 0 Å². The number of nitrogens with zero attached hydrogens (tertiary/aromatic N) is 2. The molecule has 0 aromatic heterocycles. The van der Waals surface area contributed by atoms with Crippen LogP contribution in [-0.2, 0) is 6.42 Å². The first-order valence-corrected chi connectivity index (χ1v) is 9.24. The molecule has 1 aromatic carbocycles. The average Bonchev–Trinajstić information content (AvgIpc) is 2.53. The molecular weight excluding hydrogens is 322 g/mol. The van der Waals surface area contributed by atoms with E-state index in [0.717, 1.165) is 24.4 Å². The summed E-state index contributed by atoms with van der Waals surface area (Å²) in [5.41, 5.74) is 1.73. The lowest BCUT2D eigenvalue weighted by Crippen LogP contribution is -2.50. The van der Waals surface area contributed by atoms with Gasteiger partial charge in [-0.15, -0.1) is 0 Å². The lowest BCUT2D eigenvalue weighted by atomic mass is 10.1. The zero-order valence-electron chi connectivity index (χ0n) is 15.0. The second-order valence-corrected chi connectivity index (χ2v) is 8.71. The first-order chi connectivity index (χ1) is 11.3. The standard InChI is InChI=1S/C18H27N3O2S/c1-18(2)13-21(10-11-24-18)17(23)19-9-8-14-6-5-7-15(12-14)16(22)20(3)4/h5-7,12H,8-11,13H2,1-4H3,(H,19,23). The van der Waals surface area contributed by atoms with E-state index in [2.05, 4.69) is 19.2 Å². The van der Waals surface area contributed by atoms with E-state index in [1.807, 2.05) is 40.9 Å². The van der Waals surface area contributed by atoms with Gasteiger partial charge in [-0.1, -0.05) is 12.1 Å². The first kappa shape index (κ1) is 18.6. The number of benzene rings is 1.